The number of carbonyl (C=O) groups excluding carboxylic acids is 1. The highest BCUT2D eigenvalue weighted by molar-refractivity contribution is 5.84. The Morgan fingerprint density at radius 1 is 1.67 bits per heavy atom. The summed E-state index contributed by atoms with van der Waals surface area (Å²) in [5, 5.41) is 6.22. The summed E-state index contributed by atoms with van der Waals surface area (Å²) < 4.78 is 4.81. The number of H-pyrrole nitrogens is 1. The summed E-state index contributed by atoms with van der Waals surface area (Å²) in [7, 11) is 0. The zero-order valence-electron chi connectivity index (χ0n) is 7.13. The fourth-order valence-corrected chi connectivity index (χ4v) is 0.693. The van der Waals surface area contributed by atoms with E-state index in [1.54, 1.807) is 6.92 Å². The Bertz CT molecular complexity index is 269. The molecule has 0 saturated heterocycles. The number of carbonyl (C=O) groups is 1. The van der Waals surface area contributed by atoms with Crippen molar-refractivity contribution in [3.63, 3.8) is 0 Å². The Labute approximate surface area is 70.1 Å². The molecule has 0 fully saturated rings. The number of hydrogen-bond acceptors (Lipinski definition) is 4. The maximum atomic E-state index is 11.0. The molecule has 66 valence electrons. The highest BCUT2D eigenvalue weighted by Gasteiger charge is 2.11. The van der Waals surface area contributed by atoms with Crippen molar-refractivity contribution in [1.82, 2.24) is 15.2 Å². The molecule has 5 heteroatoms. The molecule has 0 saturated carbocycles. The van der Waals surface area contributed by atoms with Gasteiger partial charge in [-0.1, -0.05) is 6.92 Å². The van der Waals surface area contributed by atoms with Gasteiger partial charge in [0.05, 0.1) is 6.61 Å². The number of nitrogens with one attached hydrogen (secondary N) is 1. The number of aromatic nitrogens is 3. The average Bonchev–Trinajstić information content (AvgIpc) is 2.47. The van der Waals surface area contributed by atoms with E-state index in [-0.39, 0.29) is 5.82 Å². The van der Waals surface area contributed by atoms with Crippen molar-refractivity contribution < 1.29 is 9.53 Å². The maximum Gasteiger partial charge on any atom is 0.378 e. The lowest BCUT2D eigenvalue weighted by Gasteiger charge is -1.96. The first-order valence-corrected chi connectivity index (χ1v) is 3.80. The van der Waals surface area contributed by atoms with Gasteiger partial charge in [-0.25, -0.2) is 9.78 Å². The van der Waals surface area contributed by atoms with Crippen LogP contribution in [0.1, 0.15) is 29.8 Å². The molecule has 0 aliphatic heterocycles. The van der Waals surface area contributed by atoms with Crippen LogP contribution in [0, 0.1) is 6.92 Å². The van der Waals surface area contributed by atoms with Gasteiger partial charge < -0.3 is 4.74 Å². The Kier molecular flexibility index (Phi) is 2.79. The van der Waals surface area contributed by atoms with E-state index in [1.807, 2.05) is 6.92 Å². The van der Waals surface area contributed by atoms with Gasteiger partial charge in [-0.2, -0.15) is 0 Å². The first-order chi connectivity index (χ1) is 5.74. The van der Waals surface area contributed by atoms with Gasteiger partial charge in [0.1, 0.15) is 5.82 Å². The lowest BCUT2D eigenvalue weighted by molar-refractivity contribution is 0.0491. The molecular weight excluding hydrogens is 158 g/mol. The van der Waals surface area contributed by atoms with Gasteiger partial charge in [0, 0.05) is 0 Å². The molecule has 0 radical (unpaired) electrons. The number of hydrogen-bond donors (Lipinski definition) is 1. The lowest BCUT2D eigenvalue weighted by Crippen LogP contribution is -2.07. The van der Waals surface area contributed by atoms with Crippen molar-refractivity contribution in [2.75, 3.05) is 6.61 Å². The first-order valence-electron chi connectivity index (χ1n) is 3.80. The smallest absolute Gasteiger partial charge is 0.378 e. The lowest BCUT2D eigenvalue weighted by atomic mass is 10.5. The van der Waals surface area contributed by atoms with Gasteiger partial charge in [-0.15, -0.1) is 5.10 Å². The highest BCUT2D eigenvalue weighted by atomic mass is 16.5. The number of esters is 1. The van der Waals surface area contributed by atoms with E-state index in [1.165, 1.54) is 0 Å². The standard InChI is InChI=1S/C7H11N3O2/c1-3-4-12-7(11)6-8-5(2)9-10-6/h3-4H2,1-2H3,(H,8,9,10). The summed E-state index contributed by atoms with van der Waals surface area (Å²) in [6.45, 7) is 4.06. The number of rotatable bonds is 3. The van der Waals surface area contributed by atoms with Crippen LogP contribution in [0.25, 0.3) is 0 Å². The predicted octanol–water partition coefficient (Wildman–Crippen LogP) is 0.680. The Hall–Kier alpha value is -1.39. The third kappa shape index (κ3) is 2.05. The van der Waals surface area contributed by atoms with E-state index in [9.17, 15) is 4.79 Å². The molecule has 12 heavy (non-hydrogen) atoms. The van der Waals surface area contributed by atoms with Crippen LogP contribution in [0.3, 0.4) is 0 Å². The molecule has 0 aliphatic carbocycles. The molecular formula is C7H11N3O2. The average molecular weight is 169 g/mol. The Balaban J connectivity index is 2.53. The Morgan fingerprint density at radius 3 is 2.92 bits per heavy atom. The minimum Gasteiger partial charge on any atom is -0.460 e. The molecule has 0 bridgehead atoms. The summed E-state index contributed by atoms with van der Waals surface area (Å²) in [5.41, 5.74) is 0. The summed E-state index contributed by atoms with van der Waals surface area (Å²) in [4.78, 5) is 14.9. The number of ether oxygens (including phenoxy) is 1. The topological polar surface area (TPSA) is 67.9 Å². The molecule has 1 N–H and O–H groups in total. The van der Waals surface area contributed by atoms with E-state index >= 15 is 0 Å². The van der Waals surface area contributed by atoms with Crippen molar-refractivity contribution >= 4 is 5.97 Å². The summed E-state index contributed by atoms with van der Waals surface area (Å²) in [6.07, 6.45) is 0.801. The third-order valence-electron chi connectivity index (χ3n) is 1.22. The van der Waals surface area contributed by atoms with Crippen LogP contribution in [-0.4, -0.2) is 27.8 Å². The van der Waals surface area contributed by atoms with Crippen LogP contribution in [0.5, 0.6) is 0 Å². The molecule has 5 nitrogen and oxygen atoms in total. The van der Waals surface area contributed by atoms with E-state index in [0.29, 0.717) is 12.4 Å². The van der Waals surface area contributed by atoms with Crippen LogP contribution in [0.2, 0.25) is 0 Å². The second-order valence-corrected chi connectivity index (χ2v) is 2.38. The van der Waals surface area contributed by atoms with E-state index in [4.69, 9.17) is 4.74 Å². The molecule has 0 unspecified atom stereocenters. The first kappa shape index (κ1) is 8.70. The molecule has 0 aliphatic rings. The van der Waals surface area contributed by atoms with Crippen molar-refractivity contribution in [3.8, 4) is 0 Å². The van der Waals surface area contributed by atoms with E-state index < -0.39 is 5.97 Å². The third-order valence-corrected chi connectivity index (χ3v) is 1.22. The monoisotopic (exact) mass is 169 g/mol. The summed E-state index contributed by atoms with van der Waals surface area (Å²) >= 11 is 0. The van der Waals surface area contributed by atoms with Gasteiger partial charge in [0.2, 0.25) is 0 Å². The van der Waals surface area contributed by atoms with Gasteiger partial charge in [-0.3, -0.25) is 5.10 Å². The highest BCUT2D eigenvalue weighted by Crippen LogP contribution is 1.94. The van der Waals surface area contributed by atoms with Crippen LogP contribution in [-0.2, 0) is 4.74 Å². The molecule has 0 aromatic carbocycles. The minimum absolute atomic E-state index is 0.0981. The van der Waals surface area contributed by atoms with Gasteiger partial charge in [0.25, 0.3) is 5.82 Å². The number of aryl methyl sites for hydroxylation is 1. The van der Waals surface area contributed by atoms with Crippen LogP contribution >= 0.6 is 0 Å². The number of nitrogens with zero attached hydrogens (tertiary/aromatic N) is 2. The van der Waals surface area contributed by atoms with Crippen molar-refractivity contribution in [2.24, 2.45) is 0 Å². The molecule has 1 rings (SSSR count). The zero-order valence-corrected chi connectivity index (χ0v) is 7.13. The van der Waals surface area contributed by atoms with Gasteiger partial charge >= 0.3 is 5.97 Å². The SMILES string of the molecule is CCCOC(=O)c1n[nH]c(C)n1. The maximum absolute atomic E-state index is 11.0. The molecule has 0 amide bonds. The normalized spacial score (nSPS) is 9.83. The van der Waals surface area contributed by atoms with E-state index in [2.05, 4.69) is 15.2 Å². The van der Waals surface area contributed by atoms with Crippen molar-refractivity contribution in [3.05, 3.63) is 11.6 Å². The fourth-order valence-electron chi connectivity index (χ4n) is 0.693. The number of aromatic amines is 1. The van der Waals surface area contributed by atoms with Crippen molar-refractivity contribution in [2.45, 2.75) is 20.3 Å². The Morgan fingerprint density at radius 2 is 2.42 bits per heavy atom. The second kappa shape index (κ2) is 3.85. The minimum atomic E-state index is -0.471. The predicted molar refractivity (Wildman–Crippen MR) is 41.7 cm³/mol. The second-order valence-electron chi connectivity index (χ2n) is 2.38. The van der Waals surface area contributed by atoms with Gasteiger partial charge in [-0.05, 0) is 13.3 Å². The molecule has 0 spiro atoms. The zero-order chi connectivity index (χ0) is 8.97. The summed E-state index contributed by atoms with van der Waals surface area (Å²) in [5.74, 6) is 0.237. The molecule has 1 heterocycles. The molecule has 1 aromatic heterocycles. The quantitative estimate of drug-likeness (QED) is 0.675. The van der Waals surface area contributed by atoms with Crippen molar-refractivity contribution in [1.29, 1.82) is 0 Å². The van der Waals surface area contributed by atoms with Crippen LogP contribution in [0.4, 0.5) is 0 Å². The summed E-state index contributed by atoms with van der Waals surface area (Å²) in [6, 6.07) is 0. The molecule has 1 aromatic rings. The van der Waals surface area contributed by atoms with Gasteiger partial charge in [0.15, 0.2) is 0 Å². The fraction of sp³-hybridized carbons (Fsp3) is 0.571. The van der Waals surface area contributed by atoms with E-state index in [0.717, 1.165) is 6.42 Å². The van der Waals surface area contributed by atoms with Crippen LogP contribution < -0.4 is 0 Å². The largest absolute Gasteiger partial charge is 0.460 e. The molecule has 0 atom stereocenters. The van der Waals surface area contributed by atoms with Crippen LogP contribution in [0.15, 0.2) is 0 Å².